The molecule has 5 nitrogen and oxygen atoms in total. The van der Waals surface area contributed by atoms with Gasteiger partial charge in [-0.25, -0.2) is 5.84 Å². The lowest BCUT2D eigenvalue weighted by atomic mass is 10.2. The fraction of sp³-hybridized carbons (Fsp3) is 0.0714. The Morgan fingerprint density at radius 2 is 2.20 bits per heavy atom. The molecular weight excluding hydrogens is 278 g/mol. The van der Waals surface area contributed by atoms with E-state index in [4.69, 9.17) is 21.9 Å². The molecule has 0 saturated heterocycles. The Morgan fingerprint density at radius 3 is 3.00 bits per heavy atom. The van der Waals surface area contributed by atoms with Crippen molar-refractivity contribution in [3.8, 4) is 0 Å². The number of nitrogens with two attached hydrogens (primary N) is 1. The lowest BCUT2D eigenvalue weighted by Crippen LogP contribution is -2.29. The number of nitrogens with one attached hydrogen (secondary N) is 1. The van der Waals surface area contributed by atoms with Gasteiger partial charge in [-0.2, -0.15) is 0 Å². The molecule has 0 atom stereocenters. The van der Waals surface area contributed by atoms with Gasteiger partial charge in [0.05, 0.1) is 12.1 Å². The van der Waals surface area contributed by atoms with Crippen molar-refractivity contribution < 1.29 is 9.21 Å². The van der Waals surface area contributed by atoms with E-state index >= 15 is 0 Å². The molecule has 0 radical (unpaired) electrons. The molecule has 3 N–H and O–H groups in total. The Hall–Kier alpha value is -2.24. The summed E-state index contributed by atoms with van der Waals surface area (Å²) in [6.45, 7) is 0.516. The van der Waals surface area contributed by atoms with E-state index in [0.29, 0.717) is 22.9 Å². The van der Waals surface area contributed by atoms with Crippen LogP contribution in [-0.2, 0) is 6.54 Å². The molecular formula is C14H12ClN3O2. The number of hydrogen-bond donors (Lipinski definition) is 2. The fourth-order valence-electron chi connectivity index (χ4n) is 2.13. The summed E-state index contributed by atoms with van der Waals surface area (Å²) in [5, 5.41) is 1.78. The van der Waals surface area contributed by atoms with E-state index in [1.165, 1.54) is 6.26 Å². The number of carbonyl (C=O) groups excluding carboxylic acids is 1. The van der Waals surface area contributed by atoms with E-state index in [9.17, 15) is 4.79 Å². The largest absolute Gasteiger partial charge is 0.467 e. The van der Waals surface area contributed by atoms with E-state index in [1.54, 1.807) is 6.07 Å². The monoisotopic (exact) mass is 289 g/mol. The van der Waals surface area contributed by atoms with Crippen molar-refractivity contribution in [3.05, 3.63) is 59.1 Å². The summed E-state index contributed by atoms with van der Waals surface area (Å²) < 4.78 is 7.37. The van der Waals surface area contributed by atoms with Crippen LogP contribution in [-0.4, -0.2) is 10.5 Å². The van der Waals surface area contributed by atoms with Crippen LogP contribution in [0.5, 0.6) is 0 Å². The average Bonchev–Trinajstić information content (AvgIpc) is 3.06. The molecule has 1 amide bonds. The lowest BCUT2D eigenvalue weighted by Gasteiger charge is -2.03. The van der Waals surface area contributed by atoms with Gasteiger partial charge in [0.15, 0.2) is 0 Å². The number of hydrogen-bond acceptors (Lipinski definition) is 3. The third kappa shape index (κ3) is 2.29. The van der Waals surface area contributed by atoms with Crippen LogP contribution in [0.3, 0.4) is 0 Å². The standard InChI is InChI=1S/C14H12ClN3O2/c15-11-2-1-9-3-4-18(13(9)6-11)7-12-5-10(8-20-12)14(19)17-16/h1-6,8H,7,16H2,(H,17,19). The lowest BCUT2D eigenvalue weighted by molar-refractivity contribution is 0.0953. The normalized spacial score (nSPS) is 10.9. The Labute approximate surface area is 119 Å². The van der Waals surface area contributed by atoms with E-state index in [-0.39, 0.29) is 5.91 Å². The summed E-state index contributed by atoms with van der Waals surface area (Å²) in [5.41, 5.74) is 3.48. The smallest absolute Gasteiger partial charge is 0.268 e. The van der Waals surface area contributed by atoms with Gasteiger partial charge in [0.2, 0.25) is 0 Å². The van der Waals surface area contributed by atoms with Crippen LogP contribution in [0.1, 0.15) is 16.1 Å². The predicted octanol–water partition coefficient (Wildman–Crippen LogP) is 2.54. The zero-order valence-electron chi connectivity index (χ0n) is 10.5. The molecule has 0 spiro atoms. The first-order chi connectivity index (χ1) is 9.67. The first kappa shape index (κ1) is 12.8. The number of aromatic nitrogens is 1. The van der Waals surface area contributed by atoms with E-state index in [1.807, 2.05) is 35.0 Å². The number of halogens is 1. The molecule has 6 heteroatoms. The summed E-state index contributed by atoms with van der Waals surface area (Å²) in [6.07, 6.45) is 3.34. The first-order valence-corrected chi connectivity index (χ1v) is 6.38. The summed E-state index contributed by atoms with van der Waals surface area (Å²) in [6, 6.07) is 9.38. The second kappa shape index (κ2) is 5.03. The number of carbonyl (C=O) groups is 1. The highest BCUT2D eigenvalue weighted by molar-refractivity contribution is 6.31. The Bertz CT molecular complexity index is 776. The number of amides is 1. The number of hydrazine groups is 1. The maximum Gasteiger partial charge on any atom is 0.268 e. The number of rotatable bonds is 3. The van der Waals surface area contributed by atoms with Crippen LogP contribution >= 0.6 is 11.6 Å². The SMILES string of the molecule is NNC(=O)c1coc(Cn2ccc3ccc(Cl)cc32)c1. The summed E-state index contributed by atoms with van der Waals surface area (Å²) >= 11 is 6.01. The highest BCUT2D eigenvalue weighted by Crippen LogP contribution is 2.22. The summed E-state index contributed by atoms with van der Waals surface area (Å²) in [7, 11) is 0. The number of furan rings is 1. The Kier molecular flexibility index (Phi) is 3.22. The molecule has 1 aromatic carbocycles. The second-order valence-corrected chi connectivity index (χ2v) is 4.86. The van der Waals surface area contributed by atoms with Crippen LogP contribution in [0.4, 0.5) is 0 Å². The molecule has 2 heterocycles. The van der Waals surface area contributed by atoms with Crippen LogP contribution in [0.15, 0.2) is 47.2 Å². The van der Waals surface area contributed by atoms with Crippen LogP contribution in [0, 0.1) is 0 Å². The number of fused-ring (bicyclic) bond motifs is 1. The molecule has 0 saturated carbocycles. The van der Waals surface area contributed by atoms with Gasteiger partial charge < -0.3 is 8.98 Å². The molecule has 2 aromatic heterocycles. The van der Waals surface area contributed by atoms with Crippen molar-refractivity contribution in [1.29, 1.82) is 0 Å². The van der Waals surface area contributed by atoms with Gasteiger partial charge in [0.1, 0.15) is 12.0 Å². The highest BCUT2D eigenvalue weighted by atomic mass is 35.5. The van der Waals surface area contributed by atoms with Crippen molar-refractivity contribution in [2.24, 2.45) is 5.84 Å². The summed E-state index contributed by atoms with van der Waals surface area (Å²) in [4.78, 5) is 11.4. The van der Waals surface area contributed by atoms with E-state index in [0.717, 1.165) is 10.9 Å². The summed E-state index contributed by atoms with van der Waals surface area (Å²) in [5.74, 6) is 5.37. The quantitative estimate of drug-likeness (QED) is 0.442. The average molecular weight is 290 g/mol. The second-order valence-electron chi connectivity index (χ2n) is 4.42. The zero-order chi connectivity index (χ0) is 14.1. The number of nitrogens with zero attached hydrogens (tertiary/aromatic N) is 1. The molecule has 0 aliphatic heterocycles. The van der Waals surface area contributed by atoms with Gasteiger partial charge in [-0.1, -0.05) is 17.7 Å². The van der Waals surface area contributed by atoms with Crippen LogP contribution < -0.4 is 11.3 Å². The van der Waals surface area contributed by atoms with Gasteiger partial charge in [-0.3, -0.25) is 10.2 Å². The molecule has 102 valence electrons. The van der Waals surface area contributed by atoms with E-state index < -0.39 is 0 Å². The van der Waals surface area contributed by atoms with Crippen molar-refractivity contribution in [3.63, 3.8) is 0 Å². The Balaban J connectivity index is 1.91. The maximum absolute atomic E-state index is 11.4. The van der Waals surface area contributed by atoms with Gasteiger partial charge in [0, 0.05) is 16.7 Å². The predicted molar refractivity (Wildman–Crippen MR) is 76.4 cm³/mol. The fourth-order valence-corrected chi connectivity index (χ4v) is 2.30. The topological polar surface area (TPSA) is 73.2 Å². The Morgan fingerprint density at radius 1 is 1.35 bits per heavy atom. The van der Waals surface area contributed by atoms with Crippen molar-refractivity contribution in [1.82, 2.24) is 9.99 Å². The molecule has 3 aromatic rings. The number of benzene rings is 1. The van der Waals surface area contributed by atoms with Crippen molar-refractivity contribution in [2.75, 3.05) is 0 Å². The van der Waals surface area contributed by atoms with Gasteiger partial charge in [0.25, 0.3) is 5.91 Å². The molecule has 0 bridgehead atoms. The van der Waals surface area contributed by atoms with Crippen molar-refractivity contribution >= 4 is 28.4 Å². The van der Waals surface area contributed by atoms with Crippen LogP contribution in [0.25, 0.3) is 10.9 Å². The third-order valence-corrected chi connectivity index (χ3v) is 3.34. The van der Waals surface area contributed by atoms with Crippen LogP contribution in [0.2, 0.25) is 5.02 Å². The molecule has 0 unspecified atom stereocenters. The maximum atomic E-state index is 11.4. The molecule has 0 aliphatic rings. The minimum Gasteiger partial charge on any atom is -0.467 e. The van der Waals surface area contributed by atoms with Crippen molar-refractivity contribution in [2.45, 2.75) is 6.54 Å². The minimum absolute atomic E-state index is 0.375. The van der Waals surface area contributed by atoms with E-state index in [2.05, 4.69) is 5.43 Å². The van der Waals surface area contributed by atoms with Gasteiger partial charge in [-0.15, -0.1) is 0 Å². The number of nitrogen functional groups attached to an aromatic ring is 1. The van der Waals surface area contributed by atoms with Gasteiger partial charge >= 0.3 is 0 Å². The molecule has 0 aliphatic carbocycles. The molecule has 3 rings (SSSR count). The van der Waals surface area contributed by atoms with Gasteiger partial charge in [-0.05, 0) is 29.7 Å². The molecule has 20 heavy (non-hydrogen) atoms. The highest BCUT2D eigenvalue weighted by Gasteiger charge is 2.10. The third-order valence-electron chi connectivity index (χ3n) is 3.11. The zero-order valence-corrected chi connectivity index (χ0v) is 11.2. The molecule has 0 fully saturated rings. The first-order valence-electron chi connectivity index (χ1n) is 6.00. The minimum atomic E-state index is -0.375.